The fourth-order valence-electron chi connectivity index (χ4n) is 1.74. The molecule has 3 heterocycles. The van der Waals surface area contributed by atoms with Crippen LogP contribution >= 0.6 is 34.7 Å². The van der Waals surface area contributed by atoms with Crippen LogP contribution in [0.1, 0.15) is 10.6 Å². The summed E-state index contributed by atoms with van der Waals surface area (Å²) >= 11 is 8.98. The number of aromatic nitrogens is 3. The van der Waals surface area contributed by atoms with Crippen molar-refractivity contribution < 1.29 is 4.42 Å². The second-order valence-corrected chi connectivity index (χ2v) is 6.80. The van der Waals surface area contributed by atoms with Gasteiger partial charge in [0, 0.05) is 10.6 Å². The minimum Gasteiger partial charge on any atom is -0.469 e. The van der Waals surface area contributed by atoms with E-state index in [-0.39, 0.29) is 0 Å². The Hall–Kier alpha value is -1.44. The van der Waals surface area contributed by atoms with Crippen molar-refractivity contribution >= 4 is 34.7 Å². The summed E-state index contributed by atoms with van der Waals surface area (Å²) in [7, 11) is 0. The van der Waals surface area contributed by atoms with Gasteiger partial charge in [-0.25, -0.2) is 4.68 Å². The molecular weight excluding hydrogens is 316 g/mol. The minimum atomic E-state index is 0.600. The second kappa shape index (κ2) is 5.51. The van der Waals surface area contributed by atoms with E-state index in [1.807, 2.05) is 25.1 Å². The fraction of sp³-hybridized carbons (Fsp3) is 0.167. The standard InChI is InChI=1S/C12H11ClN4OS2/c1-7-9(4-5-18-7)11-15-16-12(17(11)14)19-6-8-2-3-10(13)20-8/h2-5H,6,14H2,1H3. The van der Waals surface area contributed by atoms with E-state index in [1.165, 1.54) is 21.3 Å². The van der Waals surface area contributed by atoms with Crippen LogP contribution in [-0.4, -0.2) is 14.9 Å². The number of hydrogen-bond donors (Lipinski definition) is 1. The molecular formula is C12H11ClN4OS2. The number of nitrogens with zero attached hydrogens (tertiary/aromatic N) is 3. The van der Waals surface area contributed by atoms with Crippen LogP contribution in [0.5, 0.6) is 0 Å². The van der Waals surface area contributed by atoms with Crippen LogP contribution in [0.25, 0.3) is 11.4 Å². The highest BCUT2D eigenvalue weighted by atomic mass is 35.5. The number of nitrogen functional groups attached to an aromatic ring is 1. The maximum Gasteiger partial charge on any atom is 0.210 e. The molecule has 0 fully saturated rings. The van der Waals surface area contributed by atoms with E-state index in [0.29, 0.717) is 11.0 Å². The lowest BCUT2D eigenvalue weighted by molar-refractivity contribution is 0.535. The summed E-state index contributed by atoms with van der Waals surface area (Å²) in [6, 6.07) is 5.71. The summed E-state index contributed by atoms with van der Waals surface area (Å²) < 4.78 is 7.52. The molecule has 3 aromatic rings. The monoisotopic (exact) mass is 326 g/mol. The number of rotatable bonds is 4. The molecule has 5 nitrogen and oxygen atoms in total. The number of thioether (sulfide) groups is 1. The van der Waals surface area contributed by atoms with Crippen LogP contribution in [-0.2, 0) is 5.75 Å². The van der Waals surface area contributed by atoms with Crippen molar-refractivity contribution in [3.8, 4) is 11.4 Å². The zero-order valence-corrected chi connectivity index (χ0v) is 12.9. The number of nitrogens with two attached hydrogens (primary N) is 1. The highest BCUT2D eigenvalue weighted by molar-refractivity contribution is 7.98. The van der Waals surface area contributed by atoms with Gasteiger partial charge < -0.3 is 10.3 Å². The predicted molar refractivity (Wildman–Crippen MR) is 81.5 cm³/mol. The highest BCUT2D eigenvalue weighted by Crippen LogP contribution is 2.29. The van der Waals surface area contributed by atoms with Gasteiger partial charge in [0.1, 0.15) is 5.76 Å². The Morgan fingerprint density at radius 1 is 1.40 bits per heavy atom. The van der Waals surface area contributed by atoms with Crippen LogP contribution in [0.4, 0.5) is 0 Å². The van der Waals surface area contributed by atoms with Crippen molar-refractivity contribution in [1.29, 1.82) is 0 Å². The van der Waals surface area contributed by atoms with Gasteiger partial charge in [0.05, 0.1) is 16.2 Å². The predicted octanol–water partition coefficient (Wildman–Crippen LogP) is 3.57. The van der Waals surface area contributed by atoms with Crippen LogP contribution in [0.2, 0.25) is 4.34 Å². The zero-order chi connectivity index (χ0) is 14.1. The third-order valence-electron chi connectivity index (χ3n) is 2.74. The molecule has 3 aromatic heterocycles. The second-order valence-electron chi connectivity index (χ2n) is 4.06. The van der Waals surface area contributed by atoms with Crippen molar-refractivity contribution in [2.75, 3.05) is 5.84 Å². The molecule has 0 unspecified atom stereocenters. The molecule has 0 aromatic carbocycles. The van der Waals surface area contributed by atoms with Crippen molar-refractivity contribution in [2.45, 2.75) is 17.8 Å². The number of thiophene rings is 1. The van der Waals surface area contributed by atoms with Crippen molar-refractivity contribution in [1.82, 2.24) is 14.9 Å². The molecule has 3 rings (SSSR count). The van der Waals surface area contributed by atoms with Crippen LogP contribution in [0.3, 0.4) is 0 Å². The number of furan rings is 1. The molecule has 0 aliphatic carbocycles. The van der Waals surface area contributed by atoms with Gasteiger partial charge in [0.15, 0.2) is 5.82 Å². The Bertz CT molecular complexity index is 733. The Morgan fingerprint density at radius 3 is 2.90 bits per heavy atom. The molecule has 0 radical (unpaired) electrons. The molecule has 0 saturated carbocycles. The first-order chi connectivity index (χ1) is 9.65. The smallest absolute Gasteiger partial charge is 0.210 e. The SMILES string of the molecule is Cc1occc1-c1nnc(SCc2ccc(Cl)s2)n1N. The van der Waals surface area contributed by atoms with E-state index in [2.05, 4.69) is 10.2 Å². The van der Waals surface area contributed by atoms with E-state index in [4.69, 9.17) is 21.9 Å². The molecule has 20 heavy (non-hydrogen) atoms. The van der Waals surface area contributed by atoms with Gasteiger partial charge in [-0.2, -0.15) is 0 Å². The Balaban J connectivity index is 1.79. The number of aryl methyl sites for hydroxylation is 1. The molecule has 0 aliphatic rings. The topological polar surface area (TPSA) is 69.9 Å². The Labute approximate surface area is 128 Å². The number of hydrogen-bond acceptors (Lipinski definition) is 6. The Kier molecular flexibility index (Phi) is 3.73. The number of halogens is 1. The van der Waals surface area contributed by atoms with Gasteiger partial charge in [-0.05, 0) is 25.1 Å². The third kappa shape index (κ3) is 2.56. The Morgan fingerprint density at radius 2 is 2.25 bits per heavy atom. The molecule has 0 amide bonds. The van der Waals surface area contributed by atoms with E-state index in [1.54, 1.807) is 17.6 Å². The summed E-state index contributed by atoms with van der Waals surface area (Å²) in [5.41, 5.74) is 0.853. The normalized spacial score (nSPS) is 11.1. The van der Waals surface area contributed by atoms with Crippen LogP contribution in [0.15, 0.2) is 34.0 Å². The first-order valence-electron chi connectivity index (χ1n) is 5.77. The minimum absolute atomic E-state index is 0.600. The highest BCUT2D eigenvalue weighted by Gasteiger charge is 2.15. The van der Waals surface area contributed by atoms with E-state index in [0.717, 1.165) is 21.4 Å². The maximum absolute atomic E-state index is 6.04. The van der Waals surface area contributed by atoms with Gasteiger partial charge >= 0.3 is 0 Å². The van der Waals surface area contributed by atoms with Gasteiger partial charge in [-0.3, -0.25) is 0 Å². The lowest BCUT2D eigenvalue weighted by Gasteiger charge is -2.02. The summed E-state index contributed by atoms with van der Waals surface area (Å²) in [6.45, 7) is 1.87. The lowest BCUT2D eigenvalue weighted by Crippen LogP contribution is -2.11. The third-order valence-corrected chi connectivity index (χ3v) is 5.14. The average Bonchev–Trinajstić information content (AvgIpc) is 3.10. The van der Waals surface area contributed by atoms with Gasteiger partial charge in [0.25, 0.3) is 0 Å². The molecule has 0 spiro atoms. The first kappa shape index (κ1) is 13.5. The molecule has 104 valence electrons. The molecule has 2 N–H and O–H groups in total. The molecule has 0 bridgehead atoms. The van der Waals surface area contributed by atoms with Crippen LogP contribution < -0.4 is 5.84 Å². The zero-order valence-electron chi connectivity index (χ0n) is 10.5. The maximum atomic E-state index is 6.04. The fourth-order valence-corrected chi connectivity index (χ4v) is 3.73. The summed E-state index contributed by atoms with van der Waals surface area (Å²) in [5, 5.41) is 8.89. The molecule has 8 heteroatoms. The first-order valence-corrected chi connectivity index (χ1v) is 7.95. The molecule has 0 aliphatic heterocycles. The van der Waals surface area contributed by atoms with Crippen LogP contribution in [0, 0.1) is 6.92 Å². The van der Waals surface area contributed by atoms with Gasteiger partial charge in [0.2, 0.25) is 5.16 Å². The molecule has 0 atom stereocenters. The van der Waals surface area contributed by atoms with E-state index < -0.39 is 0 Å². The largest absolute Gasteiger partial charge is 0.469 e. The molecule has 0 saturated heterocycles. The van der Waals surface area contributed by atoms with Gasteiger partial charge in [-0.1, -0.05) is 23.4 Å². The van der Waals surface area contributed by atoms with Crippen molar-refractivity contribution in [3.05, 3.63) is 39.4 Å². The lowest BCUT2D eigenvalue weighted by atomic mass is 10.2. The van der Waals surface area contributed by atoms with E-state index in [9.17, 15) is 0 Å². The summed E-state index contributed by atoms with van der Waals surface area (Å²) in [5.74, 6) is 8.17. The average molecular weight is 327 g/mol. The van der Waals surface area contributed by atoms with Gasteiger partial charge in [-0.15, -0.1) is 21.5 Å². The summed E-state index contributed by atoms with van der Waals surface area (Å²) in [6.07, 6.45) is 1.61. The quantitative estimate of drug-likeness (QED) is 0.586. The van der Waals surface area contributed by atoms with E-state index >= 15 is 0 Å². The summed E-state index contributed by atoms with van der Waals surface area (Å²) in [4.78, 5) is 1.17. The van der Waals surface area contributed by atoms with Crippen molar-refractivity contribution in [3.63, 3.8) is 0 Å². The van der Waals surface area contributed by atoms with Crippen molar-refractivity contribution in [2.24, 2.45) is 0 Å².